The topological polar surface area (TPSA) is 118 Å². The van der Waals surface area contributed by atoms with Gasteiger partial charge in [-0.05, 0) is 12.3 Å². The van der Waals surface area contributed by atoms with E-state index in [4.69, 9.17) is 0 Å². The number of carbonyl (C=O) groups is 2. The van der Waals surface area contributed by atoms with E-state index in [1.54, 1.807) is 0 Å². The van der Waals surface area contributed by atoms with Gasteiger partial charge in [0, 0.05) is 24.2 Å². The second kappa shape index (κ2) is 8.58. The largest absolute Gasteiger partial charge is 0.301 e. The molecule has 2 heterocycles. The van der Waals surface area contributed by atoms with Crippen molar-refractivity contribution in [1.29, 1.82) is 0 Å². The molecule has 8 nitrogen and oxygen atoms in total. The molecule has 0 spiro atoms. The maximum atomic E-state index is 12.3. The van der Waals surface area contributed by atoms with E-state index in [2.05, 4.69) is 25.3 Å². The fraction of sp³-hybridized carbons (Fsp3) is 0.238. The van der Waals surface area contributed by atoms with Gasteiger partial charge in [0.2, 0.25) is 11.9 Å². The molecule has 152 valence electrons. The van der Waals surface area contributed by atoms with Crippen LogP contribution in [0.15, 0.2) is 52.5 Å². The number of hydrogen-bond acceptors (Lipinski definition) is 7. The first kappa shape index (κ1) is 20.0. The van der Waals surface area contributed by atoms with Crippen molar-refractivity contribution < 1.29 is 9.59 Å². The minimum atomic E-state index is -0.331. The number of rotatable bonds is 5. The van der Waals surface area contributed by atoms with Crippen molar-refractivity contribution in [2.45, 2.75) is 24.9 Å². The number of nitrogens with zero attached hydrogens (tertiary/aromatic N) is 3. The Hall–Kier alpha value is -3.33. The molecule has 4 rings (SSSR count). The van der Waals surface area contributed by atoms with E-state index in [9.17, 15) is 14.4 Å². The second-order valence-electron chi connectivity index (χ2n) is 7.13. The first-order valence-electron chi connectivity index (χ1n) is 9.46. The Balaban J connectivity index is 1.42. The van der Waals surface area contributed by atoms with Gasteiger partial charge in [-0.25, -0.2) is 15.0 Å². The average molecular weight is 421 g/mol. The summed E-state index contributed by atoms with van der Waals surface area (Å²) in [4.78, 5) is 51.8. The maximum absolute atomic E-state index is 12.3. The van der Waals surface area contributed by atoms with Gasteiger partial charge in [-0.15, -0.1) is 0 Å². The first-order chi connectivity index (χ1) is 14.5. The van der Waals surface area contributed by atoms with Gasteiger partial charge in [0.1, 0.15) is 0 Å². The summed E-state index contributed by atoms with van der Waals surface area (Å²) in [5, 5.41) is 2.99. The van der Waals surface area contributed by atoms with Gasteiger partial charge in [0.15, 0.2) is 10.9 Å². The van der Waals surface area contributed by atoms with Crippen LogP contribution in [0.3, 0.4) is 0 Å². The van der Waals surface area contributed by atoms with E-state index in [1.165, 1.54) is 12.3 Å². The van der Waals surface area contributed by atoms with Crippen molar-refractivity contribution in [3.8, 4) is 11.3 Å². The van der Waals surface area contributed by atoms with Crippen molar-refractivity contribution in [3.63, 3.8) is 0 Å². The molecule has 0 bridgehead atoms. The molecule has 0 saturated carbocycles. The fourth-order valence-corrected chi connectivity index (χ4v) is 3.93. The highest BCUT2D eigenvalue weighted by Crippen LogP contribution is 2.24. The lowest BCUT2D eigenvalue weighted by Crippen LogP contribution is -2.22. The molecular formula is C21H19N5O3S. The number of hydrogen-bond donors (Lipinski definition) is 2. The first-order valence-corrected chi connectivity index (χ1v) is 10.4. The van der Waals surface area contributed by atoms with Crippen LogP contribution in [-0.2, 0) is 11.2 Å². The number of anilines is 1. The predicted octanol–water partition coefficient (Wildman–Crippen LogP) is 2.72. The van der Waals surface area contributed by atoms with Gasteiger partial charge in [0.05, 0.1) is 22.7 Å². The Bertz CT molecular complexity index is 1160. The Kier molecular flexibility index (Phi) is 5.71. The smallest absolute Gasteiger partial charge is 0.252 e. The molecule has 1 aliphatic carbocycles. The molecular weight excluding hydrogens is 402 g/mol. The van der Waals surface area contributed by atoms with Gasteiger partial charge in [-0.1, -0.05) is 49.0 Å². The molecule has 1 aliphatic rings. The average Bonchev–Trinajstić information content (AvgIpc) is 2.72. The molecule has 3 aromatic rings. The highest BCUT2D eigenvalue weighted by atomic mass is 32.2. The normalized spacial score (nSPS) is 15.5. The van der Waals surface area contributed by atoms with Gasteiger partial charge in [0.25, 0.3) is 5.56 Å². The molecule has 2 aromatic heterocycles. The lowest BCUT2D eigenvalue weighted by Gasteiger charge is -2.19. The number of H-pyrrole nitrogens is 1. The van der Waals surface area contributed by atoms with E-state index in [-0.39, 0.29) is 34.9 Å². The zero-order valence-electron chi connectivity index (χ0n) is 16.2. The van der Waals surface area contributed by atoms with Crippen LogP contribution in [0.1, 0.15) is 29.4 Å². The summed E-state index contributed by atoms with van der Waals surface area (Å²) in [6, 6.07) is 10.8. The predicted molar refractivity (Wildman–Crippen MR) is 113 cm³/mol. The van der Waals surface area contributed by atoms with Crippen LogP contribution in [0.5, 0.6) is 0 Å². The number of ketones is 1. The van der Waals surface area contributed by atoms with E-state index in [1.807, 2.05) is 37.3 Å². The van der Waals surface area contributed by atoms with Crippen LogP contribution in [0, 0.1) is 5.92 Å². The molecule has 2 N–H and O–H groups in total. The molecule has 1 unspecified atom stereocenters. The third-order valence-electron chi connectivity index (χ3n) is 4.62. The lowest BCUT2D eigenvalue weighted by atomic mass is 9.88. The zero-order valence-corrected chi connectivity index (χ0v) is 17.0. The molecule has 0 saturated heterocycles. The molecule has 1 aromatic carbocycles. The summed E-state index contributed by atoms with van der Waals surface area (Å²) in [5.41, 5.74) is 2.27. The second-order valence-corrected chi connectivity index (χ2v) is 8.09. The number of carbonyl (C=O) groups excluding carboxylic acids is 2. The summed E-state index contributed by atoms with van der Waals surface area (Å²) in [6.45, 7) is 2.00. The van der Waals surface area contributed by atoms with E-state index in [0.717, 1.165) is 17.3 Å². The molecule has 1 amide bonds. The van der Waals surface area contributed by atoms with Gasteiger partial charge < -0.3 is 4.98 Å². The maximum Gasteiger partial charge on any atom is 0.252 e. The molecule has 30 heavy (non-hydrogen) atoms. The third kappa shape index (κ3) is 4.62. The summed E-state index contributed by atoms with van der Waals surface area (Å²) in [6.07, 6.45) is 2.65. The molecule has 0 fully saturated rings. The Morgan fingerprint density at radius 1 is 1.20 bits per heavy atom. The van der Waals surface area contributed by atoms with Crippen LogP contribution < -0.4 is 10.9 Å². The summed E-state index contributed by atoms with van der Waals surface area (Å²) >= 11 is 1.11. The molecule has 0 radical (unpaired) electrons. The van der Waals surface area contributed by atoms with Crippen LogP contribution in [-0.4, -0.2) is 37.4 Å². The van der Waals surface area contributed by atoms with E-state index < -0.39 is 0 Å². The van der Waals surface area contributed by atoms with Crippen molar-refractivity contribution in [2.24, 2.45) is 5.92 Å². The van der Waals surface area contributed by atoms with Crippen molar-refractivity contribution in [2.75, 3.05) is 11.1 Å². The van der Waals surface area contributed by atoms with Crippen molar-refractivity contribution in [3.05, 3.63) is 64.2 Å². The number of Topliss-reactive ketones (excluding diaryl/α,β-unsaturated/α-hetero) is 1. The minimum absolute atomic E-state index is 0.0248. The monoisotopic (exact) mass is 421 g/mol. The highest BCUT2D eigenvalue weighted by Gasteiger charge is 2.24. The van der Waals surface area contributed by atoms with Crippen LogP contribution in [0.2, 0.25) is 0 Å². The van der Waals surface area contributed by atoms with Crippen molar-refractivity contribution in [1.82, 2.24) is 19.9 Å². The zero-order chi connectivity index (χ0) is 21.1. The Morgan fingerprint density at radius 2 is 2.00 bits per heavy atom. The summed E-state index contributed by atoms with van der Waals surface area (Å²) < 4.78 is 0. The number of thioether (sulfide) groups is 1. The third-order valence-corrected chi connectivity index (χ3v) is 5.50. The number of amides is 1. The van der Waals surface area contributed by atoms with Gasteiger partial charge in [-0.3, -0.25) is 19.7 Å². The van der Waals surface area contributed by atoms with Crippen molar-refractivity contribution >= 4 is 29.4 Å². The van der Waals surface area contributed by atoms with E-state index >= 15 is 0 Å². The van der Waals surface area contributed by atoms with E-state index in [0.29, 0.717) is 34.9 Å². The van der Waals surface area contributed by atoms with Gasteiger partial charge in [-0.2, -0.15) is 0 Å². The number of fused-ring (bicyclic) bond motifs is 1. The standard InChI is InChI=1S/C21H19N5O3S/c1-12-7-16-14(17(27)8-12)10-22-20(23-16)25-19(29)11-30-21-24-15(9-18(28)26-21)13-5-3-2-4-6-13/h2-6,9-10,12H,7-8,11H2,1H3,(H,24,26,28)(H,22,23,25,29). The highest BCUT2D eigenvalue weighted by molar-refractivity contribution is 7.99. The summed E-state index contributed by atoms with van der Waals surface area (Å²) in [5.74, 6) is 0.115. The lowest BCUT2D eigenvalue weighted by molar-refractivity contribution is -0.113. The number of nitrogens with one attached hydrogen (secondary N) is 2. The summed E-state index contributed by atoms with van der Waals surface area (Å²) in [7, 11) is 0. The minimum Gasteiger partial charge on any atom is -0.301 e. The van der Waals surface area contributed by atoms with Crippen LogP contribution in [0.25, 0.3) is 11.3 Å². The fourth-order valence-electron chi connectivity index (χ4n) is 3.25. The number of aromatic nitrogens is 4. The molecule has 0 aliphatic heterocycles. The number of benzene rings is 1. The molecule has 1 atom stereocenters. The number of aromatic amines is 1. The quantitative estimate of drug-likeness (QED) is 0.480. The Morgan fingerprint density at radius 3 is 2.80 bits per heavy atom. The Labute approximate surface area is 176 Å². The molecule has 9 heteroatoms. The SMILES string of the molecule is CC1CC(=O)c2cnc(NC(=O)CSc3nc(-c4ccccc4)cc(=O)[nH]3)nc2C1. The van der Waals surface area contributed by atoms with Crippen LogP contribution in [0.4, 0.5) is 5.95 Å². The van der Waals surface area contributed by atoms with Crippen LogP contribution >= 0.6 is 11.8 Å². The van der Waals surface area contributed by atoms with Gasteiger partial charge >= 0.3 is 0 Å².